The smallest absolute Gasteiger partial charge is 0.259 e. The lowest BCUT2D eigenvalue weighted by atomic mass is 10.2. The van der Waals surface area contributed by atoms with E-state index in [0.717, 1.165) is 26.5 Å². The Bertz CT molecular complexity index is 1220. The lowest BCUT2D eigenvalue weighted by molar-refractivity contribution is -0.119. The molecule has 4 aromatic rings. The fourth-order valence-corrected chi connectivity index (χ4v) is 4.57. The molecule has 0 unspecified atom stereocenters. The Morgan fingerprint density at radius 1 is 1.23 bits per heavy atom. The van der Waals surface area contributed by atoms with Crippen molar-refractivity contribution < 1.29 is 9.59 Å². The predicted molar refractivity (Wildman–Crippen MR) is 119 cm³/mol. The normalized spacial score (nSPS) is 11.2. The molecule has 8 nitrogen and oxygen atoms in total. The van der Waals surface area contributed by atoms with E-state index in [0.29, 0.717) is 17.2 Å². The van der Waals surface area contributed by atoms with E-state index in [-0.39, 0.29) is 17.9 Å². The van der Waals surface area contributed by atoms with E-state index in [1.807, 2.05) is 36.0 Å². The van der Waals surface area contributed by atoms with Gasteiger partial charge < -0.3 is 5.32 Å². The zero-order valence-electron chi connectivity index (χ0n) is 16.7. The average Bonchev–Trinajstić information content (AvgIpc) is 3.44. The van der Waals surface area contributed by atoms with Crippen molar-refractivity contribution in [1.82, 2.24) is 25.1 Å². The Morgan fingerprint density at radius 3 is 2.83 bits per heavy atom. The Kier molecular flexibility index (Phi) is 5.60. The summed E-state index contributed by atoms with van der Waals surface area (Å²) >= 11 is 2.92. The summed E-state index contributed by atoms with van der Waals surface area (Å²) in [5.41, 5.74) is 2.00. The molecule has 0 atom stereocenters. The number of nitrogens with one attached hydrogen (secondary N) is 2. The summed E-state index contributed by atoms with van der Waals surface area (Å²) in [5.74, 6) is -0.326. The van der Waals surface area contributed by atoms with Gasteiger partial charge in [0.05, 0.1) is 28.9 Å². The third-order valence-corrected chi connectivity index (χ3v) is 6.20. The number of thiazole rings is 1. The molecule has 0 radical (unpaired) electrons. The number of hydrogen-bond donors (Lipinski definition) is 2. The quantitative estimate of drug-likeness (QED) is 0.470. The van der Waals surface area contributed by atoms with Crippen LogP contribution >= 0.6 is 22.7 Å². The van der Waals surface area contributed by atoms with E-state index in [4.69, 9.17) is 0 Å². The molecule has 4 aromatic heterocycles. The molecule has 10 heteroatoms. The summed E-state index contributed by atoms with van der Waals surface area (Å²) in [6.45, 7) is 6.06. The monoisotopic (exact) mass is 440 g/mol. The first kappa shape index (κ1) is 20.2. The highest BCUT2D eigenvalue weighted by Gasteiger charge is 2.14. The van der Waals surface area contributed by atoms with Gasteiger partial charge in [-0.05, 0) is 32.0 Å². The van der Waals surface area contributed by atoms with E-state index in [1.54, 1.807) is 29.8 Å². The Morgan fingerprint density at radius 2 is 2.07 bits per heavy atom. The van der Waals surface area contributed by atoms with Crippen molar-refractivity contribution in [2.24, 2.45) is 0 Å². The van der Waals surface area contributed by atoms with Crippen molar-refractivity contribution >= 4 is 50.7 Å². The molecule has 0 saturated heterocycles. The first-order valence-corrected chi connectivity index (χ1v) is 11.0. The van der Waals surface area contributed by atoms with Crippen molar-refractivity contribution in [1.29, 1.82) is 0 Å². The minimum atomic E-state index is -0.264. The van der Waals surface area contributed by atoms with Crippen LogP contribution in [0.1, 0.15) is 42.0 Å². The van der Waals surface area contributed by atoms with Gasteiger partial charge in [-0.1, -0.05) is 0 Å². The van der Waals surface area contributed by atoms with E-state index >= 15 is 0 Å². The van der Waals surface area contributed by atoms with Gasteiger partial charge in [-0.3, -0.25) is 14.9 Å². The van der Waals surface area contributed by atoms with Crippen LogP contribution in [0.3, 0.4) is 0 Å². The summed E-state index contributed by atoms with van der Waals surface area (Å²) in [6, 6.07) is 5.91. The van der Waals surface area contributed by atoms with E-state index in [9.17, 15) is 9.59 Å². The summed E-state index contributed by atoms with van der Waals surface area (Å²) in [6.07, 6.45) is 3.27. The number of pyridine rings is 1. The molecule has 2 N–H and O–H groups in total. The van der Waals surface area contributed by atoms with Crippen LogP contribution < -0.4 is 10.6 Å². The van der Waals surface area contributed by atoms with Gasteiger partial charge in [-0.25, -0.2) is 14.6 Å². The zero-order chi connectivity index (χ0) is 21.3. The van der Waals surface area contributed by atoms with Crippen LogP contribution in [-0.2, 0) is 11.3 Å². The van der Waals surface area contributed by atoms with Crippen molar-refractivity contribution in [2.45, 2.75) is 33.4 Å². The van der Waals surface area contributed by atoms with Crippen LogP contribution in [-0.4, -0.2) is 31.6 Å². The second-order valence-electron chi connectivity index (χ2n) is 6.99. The standard InChI is InChI=1S/C20H20N6O2S2/c1-11(2)26-18-13(8-23-26)6-14(7-22-18)19(28)25-20-24-16(10-29-20)17-5-4-15(30-17)9-21-12(3)27/h4-8,10-11H,9H2,1-3H3,(H,21,27)(H,24,25,28). The third kappa shape index (κ3) is 4.24. The summed E-state index contributed by atoms with van der Waals surface area (Å²) < 4.78 is 1.82. The number of hydrogen-bond acceptors (Lipinski definition) is 7. The molecule has 0 fully saturated rings. The maximum atomic E-state index is 12.6. The maximum Gasteiger partial charge on any atom is 0.259 e. The van der Waals surface area contributed by atoms with Gasteiger partial charge >= 0.3 is 0 Å². The maximum absolute atomic E-state index is 12.6. The van der Waals surface area contributed by atoms with Gasteiger partial charge in [-0.15, -0.1) is 22.7 Å². The molecule has 4 rings (SSSR count). The fraction of sp³-hybridized carbons (Fsp3) is 0.250. The molecule has 0 aliphatic rings. The Labute approximate surface area is 181 Å². The van der Waals surface area contributed by atoms with Crippen LogP contribution in [0.25, 0.3) is 21.6 Å². The predicted octanol–water partition coefficient (Wildman–Crippen LogP) is 4.09. The lowest BCUT2D eigenvalue weighted by Gasteiger charge is -2.06. The minimum absolute atomic E-state index is 0.0622. The number of nitrogens with zero attached hydrogens (tertiary/aromatic N) is 4. The number of thiophene rings is 1. The lowest BCUT2D eigenvalue weighted by Crippen LogP contribution is -2.17. The van der Waals surface area contributed by atoms with Gasteiger partial charge in [-0.2, -0.15) is 5.10 Å². The molecule has 4 heterocycles. The fourth-order valence-electron chi connectivity index (χ4n) is 2.88. The second kappa shape index (κ2) is 8.33. The van der Waals surface area contributed by atoms with Crippen LogP contribution in [0.4, 0.5) is 5.13 Å². The number of carbonyl (C=O) groups is 2. The van der Waals surface area contributed by atoms with E-state index < -0.39 is 0 Å². The molecule has 0 spiro atoms. The first-order chi connectivity index (χ1) is 14.4. The van der Waals surface area contributed by atoms with Crippen LogP contribution in [0.5, 0.6) is 0 Å². The van der Waals surface area contributed by atoms with Gasteiger partial charge in [0.2, 0.25) is 5.91 Å². The molecular formula is C20H20N6O2S2. The SMILES string of the molecule is CC(=O)NCc1ccc(-c2csc(NC(=O)c3cnc4c(cnn4C(C)C)c3)n2)s1. The molecular weight excluding hydrogens is 420 g/mol. The molecule has 0 bridgehead atoms. The highest BCUT2D eigenvalue weighted by molar-refractivity contribution is 7.17. The summed E-state index contributed by atoms with van der Waals surface area (Å²) in [7, 11) is 0. The number of fused-ring (bicyclic) bond motifs is 1. The molecule has 2 amide bonds. The Hall–Kier alpha value is -3.11. The van der Waals surface area contributed by atoms with Gasteiger partial charge in [0.15, 0.2) is 10.8 Å². The van der Waals surface area contributed by atoms with Gasteiger partial charge in [0, 0.05) is 34.8 Å². The molecule has 30 heavy (non-hydrogen) atoms. The Balaban J connectivity index is 1.46. The van der Waals surface area contributed by atoms with Crippen molar-refractivity contribution in [3.63, 3.8) is 0 Å². The van der Waals surface area contributed by atoms with Crippen molar-refractivity contribution in [3.05, 3.63) is 46.4 Å². The zero-order valence-corrected chi connectivity index (χ0v) is 18.3. The molecule has 0 aliphatic carbocycles. The van der Waals surface area contributed by atoms with Crippen LogP contribution in [0.2, 0.25) is 0 Å². The summed E-state index contributed by atoms with van der Waals surface area (Å²) in [4.78, 5) is 34.6. The van der Waals surface area contributed by atoms with Crippen molar-refractivity contribution in [3.8, 4) is 10.6 Å². The minimum Gasteiger partial charge on any atom is -0.351 e. The number of rotatable bonds is 6. The third-order valence-electron chi connectivity index (χ3n) is 4.33. The number of aromatic nitrogens is 4. The number of carbonyl (C=O) groups excluding carboxylic acids is 2. The number of amides is 2. The van der Waals surface area contributed by atoms with Crippen LogP contribution in [0.15, 0.2) is 36.0 Å². The second-order valence-corrected chi connectivity index (χ2v) is 9.01. The van der Waals surface area contributed by atoms with Gasteiger partial charge in [0.1, 0.15) is 0 Å². The van der Waals surface area contributed by atoms with E-state index in [2.05, 4.69) is 25.7 Å². The van der Waals surface area contributed by atoms with Crippen molar-refractivity contribution in [2.75, 3.05) is 5.32 Å². The molecule has 154 valence electrons. The van der Waals surface area contributed by atoms with Crippen LogP contribution in [0, 0.1) is 0 Å². The highest BCUT2D eigenvalue weighted by Crippen LogP contribution is 2.31. The van der Waals surface area contributed by atoms with E-state index in [1.165, 1.54) is 18.3 Å². The summed E-state index contributed by atoms with van der Waals surface area (Å²) in [5, 5.41) is 13.2. The molecule has 0 aromatic carbocycles. The average molecular weight is 441 g/mol. The molecule has 0 aliphatic heterocycles. The first-order valence-electron chi connectivity index (χ1n) is 9.34. The number of anilines is 1. The van der Waals surface area contributed by atoms with Gasteiger partial charge in [0.25, 0.3) is 5.91 Å². The topological polar surface area (TPSA) is 102 Å². The highest BCUT2D eigenvalue weighted by atomic mass is 32.1. The largest absolute Gasteiger partial charge is 0.351 e. The molecule has 0 saturated carbocycles.